The van der Waals surface area contributed by atoms with Crippen molar-refractivity contribution in [2.75, 3.05) is 23.4 Å². The van der Waals surface area contributed by atoms with Crippen molar-refractivity contribution in [2.24, 2.45) is 0 Å². The van der Waals surface area contributed by atoms with Gasteiger partial charge in [-0.15, -0.1) is 11.8 Å². The van der Waals surface area contributed by atoms with E-state index >= 15 is 0 Å². The van der Waals surface area contributed by atoms with E-state index in [9.17, 15) is 9.59 Å². The van der Waals surface area contributed by atoms with Crippen LogP contribution in [0.4, 0.5) is 5.69 Å². The predicted octanol–water partition coefficient (Wildman–Crippen LogP) is 3.97. The monoisotopic (exact) mass is 404 g/mol. The lowest BCUT2D eigenvalue weighted by atomic mass is 10.0. The topological polar surface area (TPSA) is 58.2 Å². The molecular weight excluding hydrogens is 380 g/mol. The summed E-state index contributed by atoms with van der Waals surface area (Å²) in [7, 11) is 0. The van der Waals surface area contributed by atoms with Crippen molar-refractivity contribution in [3.63, 3.8) is 0 Å². The zero-order valence-electron chi connectivity index (χ0n) is 16.2. The molecule has 0 aromatic heterocycles. The van der Waals surface area contributed by atoms with Gasteiger partial charge in [0.2, 0.25) is 11.8 Å². The first-order valence-corrected chi connectivity index (χ1v) is 11.1. The lowest BCUT2D eigenvalue weighted by Gasteiger charge is -2.10. The van der Waals surface area contributed by atoms with Crippen molar-refractivity contribution in [1.82, 2.24) is 5.32 Å². The third-order valence-electron chi connectivity index (χ3n) is 5.20. The van der Waals surface area contributed by atoms with E-state index in [2.05, 4.69) is 34.9 Å². The van der Waals surface area contributed by atoms with Gasteiger partial charge in [-0.3, -0.25) is 9.59 Å². The van der Waals surface area contributed by atoms with E-state index in [-0.39, 0.29) is 23.3 Å². The lowest BCUT2D eigenvalue weighted by molar-refractivity contribution is -0.118. The third-order valence-corrected chi connectivity index (χ3v) is 6.13. The van der Waals surface area contributed by atoms with Gasteiger partial charge in [-0.2, -0.15) is 0 Å². The second-order valence-corrected chi connectivity index (χ2v) is 8.22. The van der Waals surface area contributed by atoms with E-state index in [4.69, 9.17) is 0 Å². The Labute approximate surface area is 175 Å². The molecule has 1 aliphatic rings. The molecule has 4 rings (SSSR count). The molecule has 2 amide bonds. The van der Waals surface area contributed by atoms with E-state index in [1.807, 2.05) is 36.4 Å². The number of amides is 2. The molecule has 0 spiro atoms. The van der Waals surface area contributed by atoms with Crippen LogP contribution in [0.25, 0.3) is 10.8 Å². The van der Waals surface area contributed by atoms with Gasteiger partial charge in [0.15, 0.2) is 0 Å². The zero-order chi connectivity index (χ0) is 20.1. The van der Waals surface area contributed by atoms with Crippen LogP contribution in [0.3, 0.4) is 0 Å². The number of anilines is 1. The maximum atomic E-state index is 12.4. The van der Waals surface area contributed by atoms with Gasteiger partial charge in [0.05, 0.1) is 11.5 Å². The van der Waals surface area contributed by atoms with Crippen LogP contribution in [-0.4, -0.2) is 29.9 Å². The van der Waals surface area contributed by atoms with Crippen LogP contribution in [0.2, 0.25) is 0 Å². The fourth-order valence-electron chi connectivity index (χ4n) is 3.82. The quantitative estimate of drug-likeness (QED) is 0.597. The highest BCUT2D eigenvalue weighted by atomic mass is 32.2. The van der Waals surface area contributed by atoms with Gasteiger partial charge in [-0.1, -0.05) is 54.6 Å². The van der Waals surface area contributed by atoms with Crippen LogP contribution in [0.5, 0.6) is 0 Å². The molecule has 3 aromatic carbocycles. The van der Waals surface area contributed by atoms with Crippen LogP contribution in [0.15, 0.2) is 60.7 Å². The summed E-state index contributed by atoms with van der Waals surface area (Å²) < 4.78 is 0. The number of nitrogens with one attached hydrogen (secondary N) is 2. The highest BCUT2D eigenvalue weighted by Gasteiger charge is 2.16. The smallest absolute Gasteiger partial charge is 0.234 e. The van der Waals surface area contributed by atoms with E-state index in [1.165, 1.54) is 33.8 Å². The van der Waals surface area contributed by atoms with Crippen LogP contribution >= 0.6 is 11.8 Å². The number of rotatable bonds is 8. The van der Waals surface area contributed by atoms with Crippen molar-refractivity contribution >= 4 is 40.0 Å². The van der Waals surface area contributed by atoms with Gasteiger partial charge < -0.3 is 10.6 Å². The van der Waals surface area contributed by atoms with Crippen molar-refractivity contribution in [2.45, 2.75) is 19.3 Å². The number of benzene rings is 3. The molecule has 0 fully saturated rings. The molecular formula is C24H24N2O2S. The van der Waals surface area contributed by atoms with Crippen LogP contribution < -0.4 is 10.6 Å². The second-order valence-electron chi connectivity index (χ2n) is 7.24. The summed E-state index contributed by atoms with van der Waals surface area (Å²) in [6.07, 6.45) is 2.95. The van der Waals surface area contributed by atoms with Crippen molar-refractivity contribution < 1.29 is 9.59 Å². The maximum Gasteiger partial charge on any atom is 0.234 e. The van der Waals surface area contributed by atoms with E-state index in [1.54, 1.807) is 0 Å². The molecule has 0 saturated carbocycles. The molecule has 0 saturated heterocycles. The molecule has 3 aromatic rings. The number of thioether (sulfide) groups is 1. The van der Waals surface area contributed by atoms with Gasteiger partial charge in [0, 0.05) is 17.6 Å². The Hall–Kier alpha value is -2.79. The summed E-state index contributed by atoms with van der Waals surface area (Å²) in [5.74, 6) is 0.427. The standard InChI is InChI=1S/C24H24N2O2S/c27-22(25-14-13-17-5-2-1-3-6-17)15-29-16-23(28)26-21-12-11-19-10-9-18-7-4-8-20(21)24(18)19/h1-8,11-12H,9-10,13-16H2,(H,25,27)(H,26,28). The van der Waals surface area contributed by atoms with E-state index < -0.39 is 0 Å². The van der Waals surface area contributed by atoms with Gasteiger partial charge in [-0.05, 0) is 47.4 Å². The molecule has 5 heteroatoms. The highest BCUT2D eigenvalue weighted by molar-refractivity contribution is 8.00. The molecule has 0 unspecified atom stereocenters. The van der Waals surface area contributed by atoms with E-state index in [0.29, 0.717) is 6.54 Å². The van der Waals surface area contributed by atoms with Crippen LogP contribution in [0, 0.1) is 0 Å². The van der Waals surface area contributed by atoms with Crippen LogP contribution in [0.1, 0.15) is 16.7 Å². The Morgan fingerprint density at radius 1 is 0.828 bits per heavy atom. The fraction of sp³-hybridized carbons (Fsp3) is 0.250. The second kappa shape index (κ2) is 9.14. The molecule has 0 atom stereocenters. The Balaban J connectivity index is 1.23. The molecule has 29 heavy (non-hydrogen) atoms. The first-order chi connectivity index (χ1) is 14.2. The summed E-state index contributed by atoms with van der Waals surface area (Å²) in [6.45, 7) is 0.607. The molecule has 0 aliphatic heterocycles. The molecule has 0 radical (unpaired) electrons. The SMILES string of the molecule is O=C(CSCC(=O)Nc1ccc2c3c(cccc13)CC2)NCCc1ccccc1. The molecule has 0 heterocycles. The first-order valence-electron chi connectivity index (χ1n) is 9.92. The summed E-state index contributed by atoms with van der Waals surface area (Å²) >= 11 is 1.33. The highest BCUT2D eigenvalue weighted by Crippen LogP contribution is 2.34. The largest absolute Gasteiger partial charge is 0.355 e. The minimum absolute atomic E-state index is 0.0379. The summed E-state index contributed by atoms with van der Waals surface area (Å²) in [6, 6.07) is 20.4. The average Bonchev–Trinajstić information content (AvgIpc) is 3.16. The Kier molecular flexibility index (Phi) is 6.15. The average molecular weight is 405 g/mol. The summed E-state index contributed by atoms with van der Waals surface area (Å²) in [4.78, 5) is 24.3. The normalized spacial score (nSPS) is 12.1. The Bertz CT molecular complexity index is 1020. The van der Waals surface area contributed by atoms with Crippen molar-refractivity contribution in [3.8, 4) is 0 Å². The van der Waals surface area contributed by atoms with Crippen molar-refractivity contribution in [3.05, 3.63) is 77.4 Å². The third kappa shape index (κ3) is 4.80. The molecule has 1 aliphatic carbocycles. The minimum Gasteiger partial charge on any atom is -0.355 e. The Morgan fingerprint density at radius 3 is 2.41 bits per heavy atom. The minimum atomic E-state index is -0.0780. The van der Waals surface area contributed by atoms with Gasteiger partial charge in [0.1, 0.15) is 0 Å². The van der Waals surface area contributed by atoms with Gasteiger partial charge in [-0.25, -0.2) is 0 Å². The molecule has 4 nitrogen and oxygen atoms in total. The number of carbonyl (C=O) groups excluding carboxylic acids is 2. The first kappa shape index (κ1) is 19.5. The fourth-order valence-corrected chi connectivity index (χ4v) is 4.47. The van der Waals surface area contributed by atoms with Crippen molar-refractivity contribution in [1.29, 1.82) is 0 Å². The number of hydrogen-bond donors (Lipinski definition) is 2. The summed E-state index contributed by atoms with van der Waals surface area (Å²) in [5, 5.41) is 8.31. The van der Waals surface area contributed by atoms with Gasteiger partial charge in [0.25, 0.3) is 0 Å². The summed E-state index contributed by atoms with van der Waals surface area (Å²) in [5.41, 5.74) is 4.76. The van der Waals surface area contributed by atoms with Crippen LogP contribution in [-0.2, 0) is 28.9 Å². The van der Waals surface area contributed by atoms with E-state index in [0.717, 1.165) is 30.3 Å². The number of hydrogen-bond acceptors (Lipinski definition) is 3. The number of aryl methyl sites for hydroxylation is 2. The van der Waals surface area contributed by atoms with Gasteiger partial charge >= 0.3 is 0 Å². The molecule has 148 valence electrons. The zero-order valence-corrected chi connectivity index (χ0v) is 17.1. The Morgan fingerprint density at radius 2 is 1.59 bits per heavy atom. The maximum absolute atomic E-state index is 12.4. The molecule has 2 N–H and O–H groups in total. The predicted molar refractivity (Wildman–Crippen MR) is 120 cm³/mol. The lowest BCUT2D eigenvalue weighted by Crippen LogP contribution is -2.28. The number of carbonyl (C=O) groups is 2. The molecule has 0 bridgehead atoms.